The molecule has 1 aliphatic heterocycles. The summed E-state index contributed by atoms with van der Waals surface area (Å²) >= 11 is 6.38. The van der Waals surface area contributed by atoms with Crippen LogP contribution in [0.25, 0.3) is 11.0 Å². The van der Waals surface area contributed by atoms with Gasteiger partial charge < -0.3 is 9.88 Å². The zero-order chi connectivity index (χ0) is 18.8. The first kappa shape index (κ1) is 18.5. The summed E-state index contributed by atoms with van der Waals surface area (Å²) in [5.74, 6) is 1.36. The van der Waals surface area contributed by atoms with Crippen molar-refractivity contribution in [1.29, 1.82) is 0 Å². The molecule has 1 unspecified atom stereocenters. The van der Waals surface area contributed by atoms with Gasteiger partial charge in [0.1, 0.15) is 11.6 Å². The van der Waals surface area contributed by atoms with Gasteiger partial charge in [-0.3, -0.25) is 0 Å². The van der Waals surface area contributed by atoms with E-state index in [9.17, 15) is 4.39 Å². The Balaban J connectivity index is 1.41. The highest BCUT2D eigenvalue weighted by Gasteiger charge is 2.19. The number of nitrogens with one attached hydrogen (secondary N) is 1. The molecule has 0 amide bonds. The molecule has 2 heterocycles. The SMILES string of the molecule is CCC(CCNCc1nc2ccc(Cl)c3c2n1CCC3)c1ccc(F)cc1. The molecule has 1 aliphatic rings. The van der Waals surface area contributed by atoms with Gasteiger partial charge in [0.15, 0.2) is 0 Å². The molecule has 0 radical (unpaired) electrons. The molecular weight excluding hydrogens is 361 g/mol. The van der Waals surface area contributed by atoms with Crippen molar-refractivity contribution in [3.05, 3.63) is 64.2 Å². The molecule has 5 heteroatoms. The lowest BCUT2D eigenvalue weighted by atomic mass is 9.93. The Kier molecular flexibility index (Phi) is 5.46. The Hall–Kier alpha value is -1.91. The summed E-state index contributed by atoms with van der Waals surface area (Å²) in [6.07, 6.45) is 4.22. The van der Waals surface area contributed by atoms with E-state index in [2.05, 4.69) is 16.8 Å². The zero-order valence-corrected chi connectivity index (χ0v) is 16.4. The van der Waals surface area contributed by atoms with Gasteiger partial charge in [-0.25, -0.2) is 9.37 Å². The lowest BCUT2D eigenvalue weighted by Crippen LogP contribution is -2.21. The van der Waals surface area contributed by atoms with E-state index in [1.54, 1.807) is 12.1 Å². The normalized spacial score (nSPS) is 14.6. The molecule has 3 nitrogen and oxygen atoms in total. The van der Waals surface area contributed by atoms with E-state index in [4.69, 9.17) is 16.6 Å². The summed E-state index contributed by atoms with van der Waals surface area (Å²) in [6.45, 7) is 4.86. The van der Waals surface area contributed by atoms with Crippen LogP contribution in [0.2, 0.25) is 5.02 Å². The summed E-state index contributed by atoms with van der Waals surface area (Å²) in [4.78, 5) is 4.83. The number of imidazole rings is 1. The number of nitrogens with zero attached hydrogens (tertiary/aromatic N) is 2. The van der Waals surface area contributed by atoms with Crippen molar-refractivity contribution < 1.29 is 4.39 Å². The van der Waals surface area contributed by atoms with Crippen LogP contribution in [0.4, 0.5) is 4.39 Å². The Labute approximate surface area is 164 Å². The summed E-state index contributed by atoms with van der Waals surface area (Å²) < 4.78 is 15.5. The third-order valence-electron chi connectivity index (χ3n) is 5.63. The molecule has 2 aromatic carbocycles. The fourth-order valence-electron chi connectivity index (χ4n) is 4.16. The van der Waals surface area contributed by atoms with Gasteiger partial charge in [-0.2, -0.15) is 0 Å². The van der Waals surface area contributed by atoms with Crippen LogP contribution < -0.4 is 5.32 Å². The second-order valence-corrected chi connectivity index (χ2v) is 7.71. The third kappa shape index (κ3) is 3.74. The Bertz CT molecular complexity index is 933. The van der Waals surface area contributed by atoms with E-state index in [1.807, 2.05) is 24.3 Å². The largest absolute Gasteiger partial charge is 0.327 e. The maximum atomic E-state index is 13.1. The van der Waals surface area contributed by atoms with Gasteiger partial charge in [-0.15, -0.1) is 0 Å². The van der Waals surface area contributed by atoms with Crippen molar-refractivity contribution in [2.45, 2.75) is 51.6 Å². The van der Waals surface area contributed by atoms with Crippen molar-refractivity contribution >= 4 is 22.6 Å². The predicted octanol–water partition coefficient (Wildman–Crippen LogP) is 5.45. The van der Waals surface area contributed by atoms with E-state index in [-0.39, 0.29) is 5.82 Å². The minimum absolute atomic E-state index is 0.174. The minimum atomic E-state index is -0.174. The molecular formula is C22H25ClFN3. The maximum Gasteiger partial charge on any atom is 0.123 e. The van der Waals surface area contributed by atoms with Crippen LogP contribution in [0.1, 0.15) is 49.1 Å². The van der Waals surface area contributed by atoms with Gasteiger partial charge in [0, 0.05) is 11.6 Å². The van der Waals surface area contributed by atoms with Gasteiger partial charge in [0.2, 0.25) is 0 Å². The Morgan fingerprint density at radius 1 is 1.22 bits per heavy atom. The first-order valence-corrected chi connectivity index (χ1v) is 10.2. The van der Waals surface area contributed by atoms with E-state index < -0.39 is 0 Å². The van der Waals surface area contributed by atoms with Crippen LogP contribution in [0, 0.1) is 5.82 Å². The smallest absolute Gasteiger partial charge is 0.123 e. The molecule has 142 valence electrons. The molecule has 27 heavy (non-hydrogen) atoms. The quantitative estimate of drug-likeness (QED) is 0.548. The lowest BCUT2D eigenvalue weighted by Gasteiger charge is -2.18. The van der Waals surface area contributed by atoms with E-state index in [1.165, 1.54) is 16.6 Å². The molecule has 1 N–H and O–H groups in total. The summed E-state index contributed by atoms with van der Waals surface area (Å²) in [6, 6.07) is 10.9. The first-order chi connectivity index (χ1) is 13.2. The molecule has 4 rings (SSSR count). The topological polar surface area (TPSA) is 29.9 Å². The van der Waals surface area contributed by atoms with Crippen LogP contribution in [-0.2, 0) is 19.5 Å². The first-order valence-electron chi connectivity index (χ1n) is 9.80. The highest BCUT2D eigenvalue weighted by molar-refractivity contribution is 6.32. The average Bonchev–Trinajstić information content (AvgIpc) is 3.05. The lowest BCUT2D eigenvalue weighted by molar-refractivity contribution is 0.529. The van der Waals surface area contributed by atoms with Gasteiger partial charge in [0.25, 0.3) is 0 Å². The number of rotatable bonds is 7. The number of hydrogen-bond donors (Lipinski definition) is 1. The highest BCUT2D eigenvalue weighted by Crippen LogP contribution is 2.31. The van der Waals surface area contributed by atoms with Crippen LogP contribution >= 0.6 is 11.6 Å². The fraction of sp³-hybridized carbons (Fsp3) is 0.409. The fourth-order valence-corrected chi connectivity index (χ4v) is 4.41. The van der Waals surface area contributed by atoms with Crippen LogP contribution in [-0.4, -0.2) is 16.1 Å². The summed E-state index contributed by atoms with van der Waals surface area (Å²) in [5, 5.41) is 4.41. The van der Waals surface area contributed by atoms with Crippen LogP contribution in [0.15, 0.2) is 36.4 Å². The molecule has 1 aromatic heterocycles. The second kappa shape index (κ2) is 7.99. The number of halogens is 2. The van der Waals surface area contributed by atoms with Gasteiger partial charge >= 0.3 is 0 Å². The van der Waals surface area contributed by atoms with E-state index in [0.29, 0.717) is 5.92 Å². The zero-order valence-electron chi connectivity index (χ0n) is 15.6. The Morgan fingerprint density at radius 2 is 2.04 bits per heavy atom. The molecule has 0 spiro atoms. The van der Waals surface area contributed by atoms with Crippen molar-refractivity contribution in [2.24, 2.45) is 0 Å². The molecule has 0 saturated carbocycles. The average molecular weight is 386 g/mol. The van der Waals surface area contributed by atoms with Crippen molar-refractivity contribution in [2.75, 3.05) is 6.54 Å². The van der Waals surface area contributed by atoms with Crippen LogP contribution in [0.3, 0.4) is 0 Å². The Morgan fingerprint density at radius 3 is 2.81 bits per heavy atom. The van der Waals surface area contributed by atoms with Gasteiger partial charge in [-0.1, -0.05) is 30.7 Å². The van der Waals surface area contributed by atoms with E-state index in [0.717, 1.165) is 61.7 Å². The molecule has 3 aromatic rings. The molecule has 0 fully saturated rings. The third-order valence-corrected chi connectivity index (χ3v) is 5.98. The van der Waals surface area contributed by atoms with Crippen molar-refractivity contribution in [1.82, 2.24) is 14.9 Å². The van der Waals surface area contributed by atoms with Gasteiger partial charge in [-0.05, 0) is 73.5 Å². The predicted molar refractivity (Wildman–Crippen MR) is 109 cm³/mol. The molecule has 1 atom stereocenters. The number of hydrogen-bond acceptors (Lipinski definition) is 2. The van der Waals surface area contributed by atoms with Crippen LogP contribution in [0.5, 0.6) is 0 Å². The second-order valence-electron chi connectivity index (χ2n) is 7.30. The van der Waals surface area contributed by atoms with Crippen molar-refractivity contribution in [3.8, 4) is 0 Å². The molecule has 0 bridgehead atoms. The monoisotopic (exact) mass is 385 g/mol. The van der Waals surface area contributed by atoms with E-state index >= 15 is 0 Å². The van der Waals surface area contributed by atoms with Gasteiger partial charge in [0.05, 0.1) is 17.6 Å². The molecule has 0 aliphatic carbocycles. The maximum absolute atomic E-state index is 13.1. The van der Waals surface area contributed by atoms with Crippen molar-refractivity contribution in [3.63, 3.8) is 0 Å². The minimum Gasteiger partial charge on any atom is -0.327 e. The highest BCUT2D eigenvalue weighted by atomic mass is 35.5. The standard InChI is InChI=1S/C22H25ClFN3/c1-2-15(16-5-7-17(24)8-6-16)11-12-25-14-21-26-20-10-9-19(23)18-4-3-13-27(21)22(18)20/h5-10,15,25H,2-4,11-14H2,1H3. The molecule has 0 saturated heterocycles. The number of benzene rings is 2. The number of aryl methyl sites for hydroxylation is 2. The number of aromatic nitrogens is 2. The summed E-state index contributed by atoms with van der Waals surface area (Å²) in [7, 11) is 0. The summed E-state index contributed by atoms with van der Waals surface area (Å²) in [5.41, 5.74) is 4.70.